The predicted octanol–water partition coefficient (Wildman–Crippen LogP) is 6.84. The first kappa shape index (κ1) is 27.8. The molecule has 0 fully saturated rings. The van der Waals surface area contributed by atoms with E-state index in [9.17, 15) is 8.42 Å². The molecule has 1 atom stereocenters. The van der Waals surface area contributed by atoms with Gasteiger partial charge in [-0.25, -0.2) is 0 Å². The summed E-state index contributed by atoms with van der Waals surface area (Å²) in [6.45, 7) is 12.1. The van der Waals surface area contributed by atoms with Crippen LogP contribution in [0.2, 0.25) is 13.3 Å². The molecule has 0 bridgehead atoms. The Morgan fingerprint density at radius 1 is 0.900 bits per heavy atom. The van der Waals surface area contributed by atoms with E-state index in [0.29, 0.717) is 0 Å². The van der Waals surface area contributed by atoms with E-state index >= 15 is 0 Å². The van der Waals surface area contributed by atoms with Crippen molar-refractivity contribution in [2.75, 3.05) is 7.11 Å². The molecule has 0 aliphatic heterocycles. The molecule has 0 aromatic heterocycles. The summed E-state index contributed by atoms with van der Waals surface area (Å²) in [5, 5.41) is 0. The molecule has 30 heavy (non-hydrogen) atoms. The normalized spacial score (nSPS) is 14.0. The molecule has 0 aliphatic carbocycles. The molecule has 0 saturated heterocycles. The van der Waals surface area contributed by atoms with Gasteiger partial charge in [0, 0.05) is 0 Å². The number of nitrogens with one attached hydrogen (secondary N) is 1. The van der Waals surface area contributed by atoms with Crippen molar-refractivity contribution in [1.29, 1.82) is 0 Å². The van der Waals surface area contributed by atoms with E-state index in [-0.39, 0.29) is 4.06 Å². The van der Waals surface area contributed by atoms with E-state index in [1.807, 2.05) is 12.1 Å². The van der Waals surface area contributed by atoms with Crippen LogP contribution in [0.5, 0.6) is 5.75 Å². The summed E-state index contributed by atoms with van der Waals surface area (Å²) >= 11 is -2.94. The zero-order chi connectivity index (χ0) is 22.8. The summed E-state index contributed by atoms with van der Waals surface area (Å²) in [6, 6.07) is 8.13. The predicted molar refractivity (Wildman–Crippen MR) is 132 cm³/mol. The van der Waals surface area contributed by atoms with Gasteiger partial charge in [-0.2, -0.15) is 0 Å². The van der Waals surface area contributed by atoms with Gasteiger partial charge in [0.15, 0.2) is 0 Å². The Balaban J connectivity index is 3.58. The number of sulfonamides is 1. The Hall–Kier alpha value is -0.271. The van der Waals surface area contributed by atoms with Crippen molar-refractivity contribution in [3.63, 3.8) is 0 Å². The Bertz CT molecular complexity index is 689. The van der Waals surface area contributed by atoms with Crippen LogP contribution in [0.3, 0.4) is 0 Å². The standard InChI is InChI=1S/C12H18NO3S.3C4H9.Sn/c1-12(2,3)17(14,15)13-9-10-5-7-11(16-4)8-6-10;3*1-3-4-2;/h5-9,13H,1-4H3;3*1,3-4H2,2H3;. The number of hydrogen-bond donors (Lipinski definition) is 1. The van der Waals surface area contributed by atoms with Crippen LogP contribution in [0.15, 0.2) is 24.3 Å². The van der Waals surface area contributed by atoms with Gasteiger partial charge in [0.05, 0.1) is 0 Å². The average molecular weight is 546 g/mol. The van der Waals surface area contributed by atoms with Crippen molar-refractivity contribution in [1.82, 2.24) is 4.72 Å². The second-order valence-corrected chi connectivity index (χ2v) is 25.8. The molecule has 0 saturated carbocycles. The molecule has 0 unspecified atom stereocenters. The van der Waals surface area contributed by atoms with Gasteiger partial charge in [0.2, 0.25) is 0 Å². The summed E-state index contributed by atoms with van der Waals surface area (Å²) in [7, 11) is -1.78. The Morgan fingerprint density at radius 2 is 1.33 bits per heavy atom. The van der Waals surface area contributed by atoms with Crippen LogP contribution in [0.25, 0.3) is 0 Å². The van der Waals surface area contributed by atoms with Crippen molar-refractivity contribution in [3.8, 4) is 5.75 Å². The maximum absolute atomic E-state index is 13.3. The molecule has 0 amide bonds. The quantitative estimate of drug-likeness (QED) is 0.260. The van der Waals surface area contributed by atoms with E-state index < -0.39 is 33.1 Å². The van der Waals surface area contributed by atoms with Crippen molar-refractivity contribution >= 4 is 28.4 Å². The fraction of sp³-hybridized carbons (Fsp3) is 0.750. The third kappa shape index (κ3) is 7.70. The Labute approximate surface area is 190 Å². The minimum atomic E-state index is -3.45. The van der Waals surface area contributed by atoms with Gasteiger partial charge in [-0.05, 0) is 0 Å². The van der Waals surface area contributed by atoms with Crippen LogP contribution in [-0.4, -0.2) is 38.7 Å². The Kier molecular flexibility index (Phi) is 11.7. The molecule has 6 heteroatoms. The molecule has 1 rings (SSSR count). The summed E-state index contributed by atoms with van der Waals surface area (Å²) in [5.74, 6) is 0.813. The third-order valence-electron chi connectivity index (χ3n) is 6.23. The van der Waals surface area contributed by atoms with Crippen molar-refractivity contribution in [3.05, 3.63) is 29.8 Å². The topological polar surface area (TPSA) is 55.4 Å². The van der Waals surface area contributed by atoms with Crippen LogP contribution < -0.4 is 9.46 Å². The number of unbranched alkanes of at least 4 members (excludes halogenated alkanes) is 3. The number of rotatable bonds is 14. The van der Waals surface area contributed by atoms with Gasteiger partial charge in [-0.15, -0.1) is 0 Å². The van der Waals surface area contributed by atoms with Crippen molar-refractivity contribution < 1.29 is 13.2 Å². The maximum atomic E-state index is 13.3. The summed E-state index contributed by atoms with van der Waals surface area (Å²) < 4.78 is 38.2. The van der Waals surface area contributed by atoms with Gasteiger partial charge < -0.3 is 0 Å². The Morgan fingerprint density at radius 3 is 1.67 bits per heavy atom. The second-order valence-electron chi connectivity index (χ2n) is 9.61. The van der Waals surface area contributed by atoms with Gasteiger partial charge in [-0.1, -0.05) is 0 Å². The first-order valence-corrected chi connectivity index (χ1v) is 20.9. The van der Waals surface area contributed by atoms with E-state index in [1.165, 1.54) is 32.6 Å². The zero-order valence-corrected chi connectivity index (χ0v) is 24.1. The first-order chi connectivity index (χ1) is 14.1. The number of methoxy groups -OCH3 is 1. The summed E-state index contributed by atoms with van der Waals surface area (Å²) in [6.07, 6.45) is 7.10. The molecule has 174 valence electrons. The van der Waals surface area contributed by atoms with Crippen LogP contribution in [-0.2, 0) is 10.0 Å². The van der Waals surface area contributed by atoms with Gasteiger partial charge in [0.1, 0.15) is 0 Å². The monoisotopic (exact) mass is 547 g/mol. The van der Waals surface area contributed by atoms with Crippen molar-refractivity contribution in [2.45, 2.75) is 102 Å². The van der Waals surface area contributed by atoms with E-state index in [2.05, 4.69) is 37.6 Å². The number of hydrogen-bond acceptors (Lipinski definition) is 3. The third-order valence-corrected chi connectivity index (χ3v) is 25.4. The van der Waals surface area contributed by atoms with E-state index in [0.717, 1.165) is 30.6 Å². The summed E-state index contributed by atoms with van der Waals surface area (Å²) in [5.41, 5.74) is 1.13. The van der Waals surface area contributed by atoms with Gasteiger partial charge in [0.25, 0.3) is 0 Å². The molecular weight excluding hydrogens is 501 g/mol. The van der Waals surface area contributed by atoms with Crippen LogP contribution in [0.1, 0.15) is 89.7 Å². The molecule has 0 aliphatic rings. The van der Waals surface area contributed by atoms with Gasteiger partial charge >= 0.3 is 191 Å². The molecular formula is C24H45NO3SSn. The van der Waals surface area contributed by atoms with Crippen molar-refractivity contribution in [2.24, 2.45) is 0 Å². The molecule has 1 N–H and O–H groups in total. The number of benzene rings is 1. The molecule has 4 nitrogen and oxygen atoms in total. The molecule has 1 aromatic carbocycles. The van der Waals surface area contributed by atoms with Gasteiger partial charge in [-0.3, -0.25) is 0 Å². The molecule has 0 spiro atoms. The molecule has 0 radical (unpaired) electrons. The van der Waals surface area contributed by atoms with Crippen LogP contribution in [0.4, 0.5) is 0 Å². The van der Waals surface area contributed by atoms with Crippen LogP contribution >= 0.6 is 0 Å². The fourth-order valence-electron chi connectivity index (χ4n) is 4.07. The fourth-order valence-corrected chi connectivity index (χ4v) is 24.8. The SMILES string of the molecule is CCC[CH2][Sn]([CH2]CCC)([CH2]CCC)[C@@H](NS(=O)(=O)C(C)(C)C)c1ccc(OC)cc1. The molecule has 1 aromatic rings. The zero-order valence-electron chi connectivity index (χ0n) is 20.4. The van der Waals surface area contributed by atoms with Crippen LogP contribution in [0, 0.1) is 0 Å². The second kappa shape index (κ2) is 12.7. The molecule has 0 heterocycles. The average Bonchev–Trinajstić information content (AvgIpc) is 2.71. The number of ether oxygens (including phenoxy) is 1. The summed E-state index contributed by atoms with van der Waals surface area (Å²) in [4.78, 5) is 0. The minimum absolute atomic E-state index is 0.0286. The first-order valence-electron chi connectivity index (χ1n) is 11.7. The van der Waals surface area contributed by atoms with E-state index in [4.69, 9.17) is 4.74 Å². The van der Waals surface area contributed by atoms with E-state index in [1.54, 1.807) is 27.9 Å².